The number of halogens is 7. The normalized spacial score (nSPS) is 17.8. The Bertz CT molecular complexity index is 1820. The fourth-order valence-corrected chi connectivity index (χ4v) is 8.00. The zero-order valence-corrected chi connectivity index (χ0v) is 40.4. The Morgan fingerprint density at radius 3 is 1.46 bits per heavy atom. The Morgan fingerprint density at radius 1 is 0.712 bits per heavy atom. The maximum atomic E-state index is 12.6. The second kappa shape index (κ2) is 24.0. The highest BCUT2D eigenvalue weighted by Gasteiger charge is 2.38. The summed E-state index contributed by atoms with van der Waals surface area (Å²) in [5.74, 6) is 0.570. The van der Waals surface area contributed by atoms with Crippen LogP contribution in [-0.4, -0.2) is 123 Å². The minimum absolute atomic E-state index is 0.00370. The van der Waals surface area contributed by atoms with Gasteiger partial charge in [0.25, 0.3) is 0 Å². The number of hydrogen-bond donors (Lipinski definition) is 3. The fourth-order valence-electron chi connectivity index (χ4n) is 7.31. The van der Waals surface area contributed by atoms with Crippen molar-refractivity contribution in [3.63, 3.8) is 0 Å². The predicted octanol–water partition coefficient (Wildman–Crippen LogP) is 7.31. The molecular formula is C39H48BBr3Cl4N6O6. The van der Waals surface area contributed by atoms with E-state index in [-0.39, 0.29) is 56.0 Å². The number of amides is 4. The summed E-state index contributed by atoms with van der Waals surface area (Å²) in [6.45, 7) is 14.0. The van der Waals surface area contributed by atoms with Gasteiger partial charge < -0.3 is 30.3 Å². The molecular weight excluding hydrogens is 1040 g/mol. The first kappa shape index (κ1) is 49.6. The summed E-state index contributed by atoms with van der Waals surface area (Å²) in [7, 11) is 1.56. The van der Waals surface area contributed by atoms with E-state index in [1.807, 2.05) is 0 Å². The number of likely N-dealkylation sites (tertiary alicyclic amines) is 4. The van der Waals surface area contributed by atoms with Gasteiger partial charge in [-0.2, -0.15) is 0 Å². The van der Waals surface area contributed by atoms with Crippen molar-refractivity contribution in [2.24, 2.45) is 11.8 Å². The molecule has 0 atom stereocenters. The van der Waals surface area contributed by atoms with Crippen LogP contribution in [0.15, 0.2) is 49.6 Å². The molecule has 4 fully saturated rings. The van der Waals surface area contributed by atoms with Crippen LogP contribution >= 0.6 is 93.7 Å². The van der Waals surface area contributed by atoms with Gasteiger partial charge in [0.15, 0.2) is 0 Å². The molecule has 4 heterocycles. The molecule has 322 valence electrons. The number of carbonyl (C=O) groups excluding carboxylic acids is 4. The third kappa shape index (κ3) is 14.5. The molecule has 0 aliphatic carbocycles. The van der Waals surface area contributed by atoms with Crippen LogP contribution in [-0.2, 0) is 32.3 Å². The number of aromatic hydroxyl groups is 1. The highest BCUT2D eigenvalue weighted by atomic mass is 79.9. The van der Waals surface area contributed by atoms with E-state index in [2.05, 4.69) is 80.9 Å². The molecule has 0 aromatic heterocycles. The molecule has 0 radical (unpaired) electrons. The summed E-state index contributed by atoms with van der Waals surface area (Å²) in [6.07, 6.45) is 5.90. The molecule has 4 aliphatic rings. The number of carbonyl (C=O) groups is 4. The standard InChI is InChI=1S/C20H25Cl2N3O3.C19H23Cl2N3O3.BBr3/c1-3-19(26)25-11-15(12-25)24-6-4-13(5-7-24)20(27)23-10-14-8-16(21)17(22)9-18(14)28-2;1-2-18(26)24-10-14(11-24)23-5-3-12(4-6-23)19(27)22-9-13-7-15(20)16(21)8-17(13)25;2-1(3)4/h3,8-9,13,15H,1,4-7,10-12H2,2H3,(H,23,27);2,7-8,12,14,25H,1,3-6,9-11H2,(H,22,27);. The van der Waals surface area contributed by atoms with E-state index in [1.165, 1.54) is 18.2 Å². The molecule has 2 aromatic rings. The zero-order valence-electron chi connectivity index (χ0n) is 32.6. The molecule has 6 rings (SSSR count). The van der Waals surface area contributed by atoms with E-state index in [4.69, 9.17) is 51.1 Å². The van der Waals surface area contributed by atoms with Crippen LogP contribution in [0.3, 0.4) is 0 Å². The number of ether oxygens (including phenoxy) is 1. The van der Waals surface area contributed by atoms with Crippen LogP contribution < -0.4 is 15.4 Å². The maximum Gasteiger partial charge on any atom is 0.369 e. The quantitative estimate of drug-likeness (QED) is 0.158. The zero-order chi connectivity index (χ0) is 43.4. The summed E-state index contributed by atoms with van der Waals surface area (Å²) in [5, 5.41) is 17.3. The van der Waals surface area contributed by atoms with Crippen LogP contribution in [0, 0.1) is 11.8 Å². The van der Waals surface area contributed by atoms with Crippen LogP contribution in [0.4, 0.5) is 0 Å². The summed E-state index contributed by atoms with van der Waals surface area (Å²) in [5.41, 5.74) is 1.33. The first-order valence-electron chi connectivity index (χ1n) is 19.0. The number of phenols is 1. The Balaban J connectivity index is 0.000000239. The molecule has 2 aromatic carbocycles. The van der Waals surface area contributed by atoms with Crippen molar-refractivity contribution in [1.82, 2.24) is 30.2 Å². The lowest BCUT2D eigenvalue weighted by Gasteiger charge is -2.47. The molecule has 0 spiro atoms. The first-order valence-corrected chi connectivity index (χ1v) is 23.3. The molecule has 4 amide bonds. The Labute approximate surface area is 391 Å². The summed E-state index contributed by atoms with van der Waals surface area (Å²) in [4.78, 5) is 56.4. The van der Waals surface area contributed by atoms with E-state index < -0.39 is 0 Å². The molecule has 59 heavy (non-hydrogen) atoms. The number of piperidine rings is 2. The topological polar surface area (TPSA) is 135 Å². The summed E-state index contributed by atoms with van der Waals surface area (Å²) < 4.78 is 5.59. The lowest BCUT2D eigenvalue weighted by atomic mass is 9.93. The molecule has 0 unspecified atom stereocenters. The largest absolute Gasteiger partial charge is 0.508 e. The molecule has 4 saturated heterocycles. The van der Waals surface area contributed by atoms with E-state index >= 15 is 0 Å². The molecule has 4 aliphatic heterocycles. The van der Waals surface area contributed by atoms with Gasteiger partial charge in [-0.15, -0.1) is 47.3 Å². The van der Waals surface area contributed by atoms with Gasteiger partial charge in [-0.25, -0.2) is 0 Å². The highest BCUT2D eigenvalue weighted by molar-refractivity contribution is 9.69. The van der Waals surface area contributed by atoms with Crippen LogP contribution in [0.5, 0.6) is 11.5 Å². The Morgan fingerprint density at radius 2 is 1.07 bits per heavy atom. The van der Waals surface area contributed by atoms with E-state index in [0.717, 1.165) is 83.6 Å². The fraction of sp³-hybridized carbons (Fsp3) is 0.487. The SMILES string of the molecule is BrB(Br)Br.C=CC(=O)N1CC(N2CCC(C(=O)NCc3cc(Cl)c(Cl)cc3O)CC2)C1.C=CC(=O)N1CC(N2CCC(C(=O)NCc3cc(Cl)c(Cl)cc3OC)CC2)C1. The second-order valence-corrected chi connectivity index (χ2v) is 22.5. The average molecular weight is 1090 g/mol. The number of hydrogen-bond acceptors (Lipinski definition) is 8. The van der Waals surface area contributed by atoms with Gasteiger partial charge in [-0.3, -0.25) is 29.0 Å². The lowest BCUT2D eigenvalue weighted by Crippen LogP contribution is -2.62. The predicted molar refractivity (Wildman–Crippen MR) is 247 cm³/mol. The summed E-state index contributed by atoms with van der Waals surface area (Å²) >= 11 is 33.2. The molecule has 0 saturated carbocycles. The second-order valence-electron chi connectivity index (χ2n) is 14.5. The number of benzene rings is 2. The number of nitrogens with zero attached hydrogens (tertiary/aromatic N) is 4. The van der Waals surface area contributed by atoms with E-state index in [1.54, 1.807) is 35.1 Å². The van der Waals surface area contributed by atoms with Crippen LogP contribution in [0.1, 0.15) is 36.8 Å². The van der Waals surface area contributed by atoms with Gasteiger partial charge in [-0.1, -0.05) is 59.6 Å². The van der Waals surface area contributed by atoms with Crippen LogP contribution in [0.2, 0.25) is 20.1 Å². The first-order chi connectivity index (χ1) is 28.0. The van der Waals surface area contributed by atoms with E-state index in [9.17, 15) is 24.3 Å². The Kier molecular flexibility index (Phi) is 20.2. The van der Waals surface area contributed by atoms with Crippen molar-refractivity contribution in [2.45, 2.75) is 50.9 Å². The molecule has 0 bridgehead atoms. The van der Waals surface area contributed by atoms with Crippen molar-refractivity contribution >= 4 is 120 Å². The minimum atomic E-state index is -0.0443. The van der Waals surface area contributed by atoms with Gasteiger partial charge >= 0.3 is 3.18 Å². The van der Waals surface area contributed by atoms with Crippen LogP contribution in [0.25, 0.3) is 0 Å². The minimum Gasteiger partial charge on any atom is -0.508 e. The van der Waals surface area contributed by atoms with Gasteiger partial charge in [0, 0.05) is 86.4 Å². The number of phenolic OH excluding ortho intramolecular Hbond substituents is 1. The molecule has 3 N–H and O–H groups in total. The number of rotatable bonds is 11. The third-order valence-corrected chi connectivity index (χ3v) is 12.3. The average Bonchev–Trinajstić information content (AvgIpc) is 3.18. The van der Waals surface area contributed by atoms with Crippen molar-refractivity contribution in [1.29, 1.82) is 0 Å². The van der Waals surface area contributed by atoms with Crippen molar-refractivity contribution < 1.29 is 29.0 Å². The highest BCUT2D eigenvalue weighted by Crippen LogP contribution is 2.32. The third-order valence-electron chi connectivity index (χ3n) is 10.9. The maximum absolute atomic E-state index is 12.6. The van der Waals surface area contributed by atoms with Gasteiger partial charge in [-0.05, 0) is 76.1 Å². The lowest BCUT2D eigenvalue weighted by molar-refractivity contribution is -0.135. The smallest absolute Gasteiger partial charge is 0.369 e. The summed E-state index contributed by atoms with van der Waals surface area (Å²) in [6, 6.07) is 7.10. The van der Waals surface area contributed by atoms with Crippen molar-refractivity contribution in [3.8, 4) is 11.5 Å². The number of methoxy groups -OCH3 is 1. The van der Waals surface area contributed by atoms with Gasteiger partial charge in [0.1, 0.15) is 11.5 Å². The van der Waals surface area contributed by atoms with Crippen molar-refractivity contribution in [2.75, 3.05) is 59.5 Å². The Hall–Kier alpha value is -2.02. The molecule has 12 nitrogen and oxygen atoms in total. The van der Waals surface area contributed by atoms with E-state index in [0.29, 0.717) is 45.0 Å². The number of nitrogens with one attached hydrogen (secondary N) is 2. The van der Waals surface area contributed by atoms with Crippen molar-refractivity contribution in [3.05, 3.63) is 80.8 Å². The molecule has 20 heteroatoms. The monoisotopic (exact) mass is 1080 g/mol. The van der Waals surface area contributed by atoms with Gasteiger partial charge in [0.2, 0.25) is 23.6 Å². The van der Waals surface area contributed by atoms with Gasteiger partial charge in [0.05, 0.1) is 27.2 Å².